The minimum absolute atomic E-state index is 0.199. The van der Waals surface area contributed by atoms with Crippen LogP contribution >= 0.6 is 15.9 Å². The lowest BCUT2D eigenvalue weighted by Crippen LogP contribution is -2.36. The van der Waals surface area contributed by atoms with E-state index < -0.39 is 0 Å². The van der Waals surface area contributed by atoms with Crippen molar-refractivity contribution in [2.45, 2.75) is 32.4 Å². The predicted octanol–water partition coefficient (Wildman–Crippen LogP) is 3.19. The van der Waals surface area contributed by atoms with Crippen molar-refractivity contribution in [3.63, 3.8) is 0 Å². The summed E-state index contributed by atoms with van der Waals surface area (Å²) in [6.07, 6.45) is 1.11. The Balaban J connectivity index is 3.07. The fourth-order valence-corrected chi connectivity index (χ4v) is 2.52. The van der Waals surface area contributed by atoms with Gasteiger partial charge in [0.25, 0.3) is 0 Å². The molecule has 102 valence electrons. The number of ether oxygens (including phenoxy) is 1. The molecule has 0 spiro atoms. The van der Waals surface area contributed by atoms with E-state index in [2.05, 4.69) is 47.8 Å². The topological polar surface area (TPSA) is 38.5 Å². The standard InChI is InChI=1S/C14H23BrN2O/c1-5-10(2)17(3)14(9-16)12-8-11(18-4)6-7-13(12)15/h6-8,10,14H,5,9,16H2,1-4H3. The van der Waals surface area contributed by atoms with Gasteiger partial charge in [-0.3, -0.25) is 4.90 Å². The molecule has 1 rings (SSSR count). The van der Waals surface area contributed by atoms with Crippen LogP contribution in [0, 0.1) is 0 Å². The van der Waals surface area contributed by atoms with Gasteiger partial charge in [0.05, 0.1) is 7.11 Å². The Morgan fingerprint density at radius 2 is 2.11 bits per heavy atom. The van der Waals surface area contributed by atoms with Crippen molar-refractivity contribution in [3.05, 3.63) is 28.2 Å². The van der Waals surface area contributed by atoms with Gasteiger partial charge in [0.2, 0.25) is 0 Å². The van der Waals surface area contributed by atoms with Gasteiger partial charge in [-0.2, -0.15) is 0 Å². The van der Waals surface area contributed by atoms with E-state index in [1.165, 1.54) is 5.56 Å². The molecule has 0 radical (unpaired) electrons. The first kappa shape index (κ1) is 15.5. The molecule has 18 heavy (non-hydrogen) atoms. The summed E-state index contributed by atoms with van der Waals surface area (Å²) in [4.78, 5) is 2.32. The minimum atomic E-state index is 0.199. The molecule has 0 heterocycles. The molecule has 0 saturated heterocycles. The smallest absolute Gasteiger partial charge is 0.119 e. The Morgan fingerprint density at radius 1 is 1.44 bits per heavy atom. The summed E-state index contributed by atoms with van der Waals surface area (Å²) < 4.78 is 6.37. The molecular weight excluding hydrogens is 292 g/mol. The number of likely N-dealkylation sites (N-methyl/N-ethyl adjacent to an activating group) is 1. The number of hydrogen-bond acceptors (Lipinski definition) is 3. The molecule has 0 aliphatic rings. The van der Waals surface area contributed by atoms with Gasteiger partial charge in [-0.1, -0.05) is 22.9 Å². The number of methoxy groups -OCH3 is 1. The van der Waals surface area contributed by atoms with Crippen molar-refractivity contribution < 1.29 is 4.74 Å². The third-order valence-electron chi connectivity index (χ3n) is 3.56. The molecule has 0 bridgehead atoms. The van der Waals surface area contributed by atoms with Crippen LogP contribution in [0.1, 0.15) is 31.9 Å². The third kappa shape index (κ3) is 3.46. The lowest BCUT2D eigenvalue weighted by Gasteiger charge is -2.33. The van der Waals surface area contributed by atoms with Gasteiger partial charge in [0.15, 0.2) is 0 Å². The lowest BCUT2D eigenvalue weighted by atomic mass is 10.0. The molecule has 0 saturated carbocycles. The average molecular weight is 315 g/mol. The molecule has 0 aliphatic heterocycles. The number of halogens is 1. The second kappa shape index (κ2) is 7.12. The molecule has 1 aromatic carbocycles. The van der Waals surface area contributed by atoms with Gasteiger partial charge < -0.3 is 10.5 Å². The second-order valence-electron chi connectivity index (χ2n) is 4.56. The maximum Gasteiger partial charge on any atom is 0.119 e. The predicted molar refractivity (Wildman–Crippen MR) is 80.0 cm³/mol. The maximum absolute atomic E-state index is 5.96. The summed E-state index contributed by atoms with van der Waals surface area (Å²) in [5, 5.41) is 0. The molecular formula is C14H23BrN2O. The van der Waals surface area contributed by atoms with E-state index in [0.29, 0.717) is 12.6 Å². The number of hydrogen-bond donors (Lipinski definition) is 1. The zero-order valence-corrected chi connectivity index (χ0v) is 13.2. The van der Waals surface area contributed by atoms with E-state index in [0.717, 1.165) is 16.6 Å². The van der Waals surface area contributed by atoms with Crippen molar-refractivity contribution in [2.24, 2.45) is 5.73 Å². The SMILES string of the molecule is CCC(C)N(C)C(CN)c1cc(OC)ccc1Br. The van der Waals surface area contributed by atoms with Crippen LogP contribution in [-0.4, -0.2) is 31.6 Å². The molecule has 0 fully saturated rings. The van der Waals surface area contributed by atoms with Crippen LogP contribution in [0.15, 0.2) is 22.7 Å². The fourth-order valence-electron chi connectivity index (χ4n) is 2.01. The quantitative estimate of drug-likeness (QED) is 0.876. The van der Waals surface area contributed by atoms with Crippen LogP contribution in [0.5, 0.6) is 5.75 Å². The van der Waals surface area contributed by atoms with Gasteiger partial charge >= 0.3 is 0 Å². The second-order valence-corrected chi connectivity index (χ2v) is 5.42. The summed E-state index contributed by atoms with van der Waals surface area (Å²) in [5.41, 5.74) is 7.14. The monoisotopic (exact) mass is 314 g/mol. The first-order valence-electron chi connectivity index (χ1n) is 6.30. The largest absolute Gasteiger partial charge is 0.497 e. The number of benzene rings is 1. The van der Waals surface area contributed by atoms with Crippen molar-refractivity contribution in [2.75, 3.05) is 20.7 Å². The molecule has 2 atom stereocenters. The Bertz CT molecular complexity index is 384. The zero-order chi connectivity index (χ0) is 13.7. The van der Waals surface area contributed by atoms with Gasteiger partial charge in [-0.15, -0.1) is 0 Å². The Kier molecular flexibility index (Phi) is 6.12. The first-order chi connectivity index (χ1) is 8.54. The number of nitrogens with zero attached hydrogens (tertiary/aromatic N) is 1. The van der Waals surface area contributed by atoms with Crippen molar-refractivity contribution in [1.82, 2.24) is 4.90 Å². The molecule has 0 aromatic heterocycles. The summed E-state index contributed by atoms with van der Waals surface area (Å²) in [5.74, 6) is 0.865. The molecule has 2 N–H and O–H groups in total. The van der Waals surface area contributed by atoms with Crippen LogP contribution in [0.2, 0.25) is 0 Å². The Hall–Kier alpha value is -0.580. The van der Waals surface area contributed by atoms with E-state index in [1.54, 1.807) is 7.11 Å². The molecule has 2 unspecified atom stereocenters. The first-order valence-corrected chi connectivity index (χ1v) is 7.09. The summed E-state index contributed by atoms with van der Waals surface area (Å²) in [6, 6.07) is 6.72. The molecule has 0 aliphatic carbocycles. The maximum atomic E-state index is 5.96. The zero-order valence-electron chi connectivity index (χ0n) is 11.6. The van der Waals surface area contributed by atoms with Crippen molar-refractivity contribution >= 4 is 15.9 Å². The normalized spacial score (nSPS) is 14.6. The van der Waals surface area contributed by atoms with Crippen LogP contribution in [-0.2, 0) is 0 Å². The highest BCUT2D eigenvalue weighted by Crippen LogP contribution is 2.31. The highest BCUT2D eigenvalue weighted by molar-refractivity contribution is 9.10. The van der Waals surface area contributed by atoms with E-state index >= 15 is 0 Å². The van der Waals surface area contributed by atoms with Gasteiger partial charge in [0, 0.05) is 23.1 Å². The number of nitrogens with two attached hydrogens (primary N) is 1. The van der Waals surface area contributed by atoms with Crippen LogP contribution in [0.25, 0.3) is 0 Å². The fraction of sp³-hybridized carbons (Fsp3) is 0.571. The van der Waals surface area contributed by atoms with E-state index in [4.69, 9.17) is 10.5 Å². The lowest BCUT2D eigenvalue weighted by molar-refractivity contribution is 0.184. The van der Waals surface area contributed by atoms with E-state index in [-0.39, 0.29) is 6.04 Å². The molecule has 1 aromatic rings. The molecule has 0 amide bonds. The van der Waals surface area contributed by atoms with Crippen LogP contribution in [0.4, 0.5) is 0 Å². The van der Waals surface area contributed by atoms with E-state index in [9.17, 15) is 0 Å². The number of rotatable bonds is 6. The minimum Gasteiger partial charge on any atom is -0.497 e. The summed E-state index contributed by atoms with van der Waals surface area (Å²) in [6.45, 7) is 5.00. The van der Waals surface area contributed by atoms with Crippen LogP contribution < -0.4 is 10.5 Å². The Labute approximate surface area is 118 Å². The summed E-state index contributed by atoms with van der Waals surface area (Å²) >= 11 is 3.60. The highest BCUT2D eigenvalue weighted by Gasteiger charge is 2.21. The van der Waals surface area contributed by atoms with Crippen molar-refractivity contribution in [3.8, 4) is 5.75 Å². The molecule has 4 heteroatoms. The average Bonchev–Trinajstić information content (AvgIpc) is 2.40. The highest BCUT2D eigenvalue weighted by atomic mass is 79.9. The molecule has 3 nitrogen and oxygen atoms in total. The Morgan fingerprint density at radius 3 is 2.61 bits per heavy atom. The van der Waals surface area contributed by atoms with Crippen molar-refractivity contribution in [1.29, 1.82) is 0 Å². The van der Waals surface area contributed by atoms with E-state index in [1.807, 2.05) is 12.1 Å². The third-order valence-corrected chi connectivity index (χ3v) is 4.29. The van der Waals surface area contributed by atoms with Crippen LogP contribution in [0.3, 0.4) is 0 Å². The van der Waals surface area contributed by atoms with Gasteiger partial charge in [-0.05, 0) is 44.2 Å². The van der Waals surface area contributed by atoms with Gasteiger partial charge in [-0.25, -0.2) is 0 Å². The summed E-state index contributed by atoms with van der Waals surface area (Å²) in [7, 11) is 3.81. The van der Waals surface area contributed by atoms with Gasteiger partial charge in [0.1, 0.15) is 5.75 Å².